The number of ether oxygens (including phenoxy) is 1. The number of aromatic nitrogens is 1. The zero-order chi connectivity index (χ0) is 23.1. The molecule has 1 aromatic heterocycles. The fourth-order valence-electron chi connectivity index (χ4n) is 3.25. The van der Waals surface area contributed by atoms with Gasteiger partial charge in [-0.3, -0.25) is 9.59 Å². The molecule has 11 heteroatoms. The molecule has 0 N–H and O–H groups in total. The minimum Gasteiger partial charge on any atom is -0.450 e. The number of carbonyl (C=O) groups is 3. The van der Waals surface area contributed by atoms with Crippen LogP contribution in [-0.2, 0) is 20.9 Å². The molecule has 0 saturated carbocycles. The number of carbonyl (C=O) groups excluding carboxylic acids is 3. The second kappa shape index (κ2) is 11.3. The molecule has 8 nitrogen and oxygen atoms in total. The fourth-order valence-corrected chi connectivity index (χ4v) is 5.03. The largest absolute Gasteiger partial charge is 0.450 e. The van der Waals surface area contributed by atoms with Crippen molar-refractivity contribution in [3.63, 3.8) is 0 Å². The number of fused-ring (bicyclic) bond motifs is 1. The third-order valence-electron chi connectivity index (χ3n) is 4.79. The molecule has 0 unspecified atom stereocenters. The van der Waals surface area contributed by atoms with Crippen molar-refractivity contribution >= 4 is 51.2 Å². The third-order valence-corrected chi connectivity index (χ3v) is 6.73. The topological polar surface area (TPSA) is 84.2 Å². The lowest BCUT2D eigenvalue weighted by molar-refractivity contribution is -0.129. The summed E-state index contributed by atoms with van der Waals surface area (Å²) in [6.07, 6.45) is 1.33. The summed E-state index contributed by atoms with van der Waals surface area (Å²) >= 11 is 2.44. The van der Waals surface area contributed by atoms with Crippen LogP contribution in [0.5, 0.6) is 0 Å². The van der Waals surface area contributed by atoms with Gasteiger partial charge in [0.25, 0.3) is 5.91 Å². The van der Waals surface area contributed by atoms with Gasteiger partial charge in [-0.2, -0.15) is 4.99 Å². The second-order valence-corrected chi connectivity index (χ2v) is 8.96. The van der Waals surface area contributed by atoms with Gasteiger partial charge in [-0.15, -0.1) is 18.3 Å². The lowest BCUT2D eigenvalue weighted by Crippen LogP contribution is -2.51. The summed E-state index contributed by atoms with van der Waals surface area (Å²) in [6.45, 7) is 7.98. The average Bonchev–Trinajstić information content (AvgIpc) is 3.10. The van der Waals surface area contributed by atoms with Gasteiger partial charge in [0.1, 0.15) is 5.82 Å². The molecule has 2 heterocycles. The van der Waals surface area contributed by atoms with Crippen molar-refractivity contribution in [1.82, 2.24) is 14.4 Å². The first-order valence-corrected chi connectivity index (χ1v) is 12.1. The molecular weight excluding hydrogens is 455 g/mol. The van der Waals surface area contributed by atoms with Gasteiger partial charge in [-0.05, 0) is 25.1 Å². The van der Waals surface area contributed by atoms with E-state index in [0.29, 0.717) is 48.8 Å². The van der Waals surface area contributed by atoms with Crippen LogP contribution in [-0.4, -0.2) is 76.6 Å². The Labute approximate surface area is 193 Å². The quantitative estimate of drug-likeness (QED) is 0.569. The van der Waals surface area contributed by atoms with E-state index in [1.807, 2.05) is 4.57 Å². The highest BCUT2D eigenvalue weighted by Gasteiger charge is 2.24. The van der Waals surface area contributed by atoms with Crippen molar-refractivity contribution in [1.29, 1.82) is 0 Å². The van der Waals surface area contributed by atoms with E-state index in [9.17, 15) is 18.8 Å². The number of halogens is 1. The molecule has 1 fully saturated rings. The lowest BCUT2D eigenvalue weighted by Gasteiger charge is -2.34. The Morgan fingerprint density at radius 1 is 1.22 bits per heavy atom. The van der Waals surface area contributed by atoms with Gasteiger partial charge in [0.2, 0.25) is 5.91 Å². The highest BCUT2D eigenvalue weighted by molar-refractivity contribution is 8.00. The number of benzene rings is 1. The molecule has 1 saturated heterocycles. The van der Waals surface area contributed by atoms with Gasteiger partial charge >= 0.3 is 6.09 Å². The highest BCUT2D eigenvalue weighted by Crippen LogP contribution is 2.19. The summed E-state index contributed by atoms with van der Waals surface area (Å²) in [5.41, 5.74) is 0.785. The van der Waals surface area contributed by atoms with E-state index in [1.165, 1.54) is 35.2 Å². The third kappa shape index (κ3) is 5.98. The normalized spacial score (nSPS) is 14.6. The summed E-state index contributed by atoms with van der Waals surface area (Å²) in [5, 5.41) is 0. The maximum absolute atomic E-state index is 13.5. The van der Waals surface area contributed by atoms with Gasteiger partial charge in [0, 0.05) is 32.7 Å². The van der Waals surface area contributed by atoms with E-state index in [4.69, 9.17) is 4.74 Å². The minimum atomic E-state index is -0.362. The number of amides is 3. The summed E-state index contributed by atoms with van der Waals surface area (Å²) in [6, 6.07) is 4.44. The SMILES string of the molecule is C=CCn1c(=NC(=O)CSCC(=O)N2CCN(C(=O)OCC)CC2)sc2cc(F)ccc21. The van der Waals surface area contributed by atoms with Crippen molar-refractivity contribution in [2.75, 3.05) is 44.3 Å². The molecule has 1 aromatic carbocycles. The van der Waals surface area contributed by atoms with Crippen LogP contribution in [0.25, 0.3) is 10.2 Å². The molecule has 1 aliphatic rings. The Morgan fingerprint density at radius 2 is 1.94 bits per heavy atom. The van der Waals surface area contributed by atoms with Crippen LogP contribution >= 0.6 is 23.1 Å². The van der Waals surface area contributed by atoms with Crippen LogP contribution in [0, 0.1) is 5.82 Å². The molecule has 172 valence electrons. The smallest absolute Gasteiger partial charge is 0.409 e. The van der Waals surface area contributed by atoms with Gasteiger partial charge in [0.15, 0.2) is 4.80 Å². The van der Waals surface area contributed by atoms with Crippen LogP contribution < -0.4 is 4.80 Å². The maximum atomic E-state index is 13.5. The molecule has 0 atom stereocenters. The van der Waals surface area contributed by atoms with Crippen molar-refractivity contribution in [2.45, 2.75) is 13.5 Å². The zero-order valence-electron chi connectivity index (χ0n) is 17.8. The lowest BCUT2D eigenvalue weighted by atomic mass is 10.3. The molecule has 0 spiro atoms. The molecule has 32 heavy (non-hydrogen) atoms. The van der Waals surface area contributed by atoms with E-state index >= 15 is 0 Å². The van der Waals surface area contributed by atoms with Crippen molar-refractivity contribution in [3.05, 3.63) is 41.5 Å². The summed E-state index contributed by atoms with van der Waals surface area (Å²) in [4.78, 5) is 44.4. The molecule has 2 aromatic rings. The Morgan fingerprint density at radius 3 is 2.62 bits per heavy atom. The summed E-state index contributed by atoms with van der Waals surface area (Å²) in [5.74, 6) is -0.569. The number of thioether (sulfide) groups is 1. The number of rotatable bonds is 7. The first-order valence-electron chi connectivity index (χ1n) is 10.2. The first kappa shape index (κ1) is 24.0. The molecule has 0 radical (unpaired) electrons. The standard InChI is InChI=1S/C21H25FN4O4S2/c1-3-7-26-16-6-5-15(22)12-17(16)32-20(26)23-18(27)13-31-14-19(28)24-8-10-25(11-9-24)21(29)30-4-2/h3,5-6,12H,1,4,7-11,13-14H2,2H3. The molecule has 0 aliphatic carbocycles. The zero-order valence-corrected chi connectivity index (χ0v) is 19.4. The number of piperazine rings is 1. The van der Waals surface area contributed by atoms with Crippen molar-refractivity contribution in [2.24, 2.45) is 4.99 Å². The molecule has 1 aliphatic heterocycles. The monoisotopic (exact) mass is 480 g/mol. The Bertz CT molecular complexity index is 1070. The van der Waals surface area contributed by atoms with Gasteiger partial charge < -0.3 is 19.1 Å². The van der Waals surface area contributed by atoms with Crippen LogP contribution in [0.4, 0.5) is 9.18 Å². The molecular formula is C21H25FN4O4S2. The van der Waals surface area contributed by atoms with Crippen LogP contribution in [0.1, 0.15) is 6.92 Å². The fraction of sp³-hybridized carbons (Fsp3) is 0.429. The number of hydrogen-bond acceptors (Lipinski definition) is 6. The maximum Gasteiger partial charge on any atom is 0.409 e. The average molecular weight is 481 g/mol. The number of hydrogen-bond donors (Lipinski definition) is 0. The van der Waals surface area contributed by atoms with Gasteiger partial charge in [-0.1, -0.05) is 17.4 Å². The van der Waals surface area contributed by atoms with Crippen LogP contribution in [0.15, 0.2) is 35.8 Å². The van der Waals surface area contributed by atoms with Crippen LogP contribution in [0.3, 0.4) is 0 Å². The Kier molecular flexibility index (Phi) is 8.46. The van der Waals surface area contributed by atoms with Crippen molar-refractivity contribution < 1.29 is 23.5 Å². The molecule has 0 bridgehead atoms. The summed E-state index contributed by atoms with van der Waals surface area (Å²) < 4.78 is 21.0. The number of allylic oxidation sites excluding steroid dienone is 1. The second-order valence-electron chi connectivity index (χ2n) is 6.96. The predicted molar refractivity (Wildman–Crippen MR) is 123 cm³/mol. The Hall–Kier alpha value is -2.66. The van der Waals surface area contributed by atoms with E-state index in [-0.39, 0.29) is 35.2 Å². The van der Waals surface area contributed by atoms with Crippen LogP contribution in [0.2, 0.25) is 0 Å². The van der Waals surface area contributed by atoms with E-state index in [1.54, 1.807) is 28.9 Å². The number of nitrogens with zero attached hydrogens (tertiary/aromatic N) is 4. The molecule has 3 amide bonds. The minimum absolute atomic E-state index is 0.0607. The van der Waals surface area contributed by atoms with E-state index in [0.717, 1.165) is 5.52 Å². The highest BCUT2D eigenvalue weighted by atomic mass is 32.2. The summed E-state index contributed by atoms with van der Waals surface area (Å²) in [7, 11) is 0. The first-order chi connectivity index (χ1) is 15.4. The van der Waals surface area contributed by atoms with Gasteiger partial charge in [-0.25, -0.2) is 9.18 Å². The van der Waals surface area contributed by atoms with E-state index in [2.05, 4.69) is 11.6 Å². The van der Waals surface area contributed by atoms with Crippen molar-refractivity contribution in [3.8, 4) is 0 Å². The number of thiazole rings is 1. The predicted octanol–water partition coefficient (Wildman–Crippen LogP) is 2.49. The van der Waals surface area contributed by atoms with E-state index < -0.39 is 0 Å². The van der Waals surface area contributed by atoms with Gasteiger partial charge in [0.05, 0.1) is 28.3 Å². The molecule has 3 rings (SSSR count). The Balaban J connectivity index is 1.54.